The van der Waals surface area contributed by atoms with Crippen LogP contribution in [0.5, 0.6) is 0 Å². The highest BCUT2D eigenvalue weighted by atomic mass is 35.5. The van der Waals surface area contributed by atoms with Crippen LogP contribution in [0.2, 0.25) is 5.15 Å². The van der Waals surface area contributed by atoms with Gasteiger partial charge in [0.1, 0.15) is 5.15 Å². The summed E-state index contributed by atoms with van der Waals surface area (Å²) in [4.78, 5) is 13.6. The minimum absolute atomic E-state index is 0. The van der Waals surface area contributed by atoms with Gasteiger partial charge in [-0.25, -0.2) is 4.68 Å². The first kappa shape index (κ1) is 19.8. The Labute approximate surface area is 159 Å². The third-order valence-electron chi connectivity index (χ3n) is 4.42. The number of halogens is 2. The predicted molar refractivity (Wildman–Crippen MR) is 103 cm³/mol. The summed E-state index contributed by atoms with van der Waals surface area (Å²) < 4.78 is 1.77. The van der Waals surface area contributed by atoms with Crippen LogP contribution in [-0.2, 0) is 11.3 Å². The number of likely N-dealkylation sites (tertiary alicyclic amines) is 1. The van der Waals surface area contributed by atoms with Gasteiger partial charge >= 0.3 is 0 Å². The predicted octanol–water partition coefficient (Wildman–Crippen LogP) is 3.36. The number of benzene rings is 1. The Balaban J connectivity index is 0.00000225. The van der Waals surface area contributed by atoms with Gasteiger partial charge in [0.15, 0.2) is 0 Å². The van der Waals surface area contributed by atoms with E-state index in [1.807, 2.05) is 42.2 Å². The molecule has 0 bridgehead atoms. The van der Waals surface area contributed by atoms with E-state index in [1.54, 1.807) is 4.68 Å². The third-order valence-corrected chi connectivity index (χ3v) is 4.80. The van der Waals surface area contributed by atoms with E-state index in [4.69, 9.17) is 11.6 Å². The molecule has 1 saturated heterocycles. The number of aromatic nitrogens is 2. The number of nitrogens with zero attached hydrogens (tertiary/aromatic N) is 3. The van der Waals surface area contributed by atoms with Crippen molar-refractivity contribution < 1.29 is 4.79 Å². The summed E-state index contributed by atoms with van der Waals surface area (Å²) in [7, 11) is 0. The maximum Gasteiger partial charge on any atom is 0.222 e. The minimum atomic E-state index is 0. The van der Waals surface area contributed by atoms with E-state index in [-0.39, 0.29) is 24.4 Å². The van der Waals surface area contributed by atoms with Gasteiger partial charge in [0, 0.05) is 37.7 Å². The topological polar surface area (TPSA) is 50.2 Å². The maximum absolute atomic E-state index is 11.7. The summed E-state index contributed by atoms with van der Waals surface area (Å²) in [6, 6.07) is 10.1. The smallest absolute Gasteiger partial charge is 0.222 e. The molecular weight excluding hydrogens is 359 g/mol. The summed E-state index contributed by atoms with van der Waals surface area (Å²) in [5, 5.41) is 8.65. The lowest BCUT2D eigenvalue weighted by molar-refractivity contribution is -0.127. The first-order chi connectivity index (χ1) is 11.6. The lowest BCUT2D eigenvalue weighted by atomic mass is 10.2. The molecule has 7 heteroatoms. The van der Waals surface area contributed by atoms with Crippen molar-refractivity contribution in [3.63, 3.8) is 0 Å². The first-order valence-electron chi connectivity index (χ1n) is 8.37. The molecule has 1 aromatic carbocycles. The monoisotopic (exact) mass is 382 g/mol. The fraction of sp³-hybridized carbons (Fsp3) is 0.444. The molecule has 1 unspecified atom stereocenters. The number of aryl methyl sites for hydroxylation is 1. The zero-order valence-electron chi connectivity index (χ0n) is 14.5. The van der Waals surface area contributed by atoms with E-state index in [9.17, 15) is 4.79 Å². The van der Waals surface area contributed by atoms with Crippen molar-refractivity contribution >= 4 is 29.9 Å². The molecule has 0 radical (unpaired) electrons. The van der Waals surface area contributed by atoms with Crippen LogP contribution in [0.3, 0.4) is 0 Å². The molecule has 1 N–H and O–H groups in total. The molecule has 1 fully saturated rings. The van der Waals surface area contributed by atoms with Crippen LogP contribution in [0.25, 0.3) is 5.69 Å². The Morgan fingerprint density at radius 3 is 2.68 bits per heavy atom. The van der Waals surface area contributed by atoms with Crippen molar-refractivity contribution in [3.05, 3.63) is 46.7 Å². The van der Waals surface area contributed by atoms with Gasteiger partial charge in [0.25, 0.3) is 0 Å². The van der Waals surface area contributed by atoms with Gasteiger partial charge in [-0.15, -0.1) is 12.4 Å². The summed E-state index contributed by atoms with van der Waals surface area (Å²) in [6.07, 6.45) is 1.65. The number of para-hydroxylation sites is 1. The normalized spacial score (nSPS) is 15.3. The number of rotatable bonds is 6. The lowest BCUT2D eigenvalue weighted by Crippen LogP contribution is -2.39. The Bertz CT molecular complexity index is 717. The average Bonchev–Trinajstić information content (AvgIpc) is 3.10. The number of hydrogen-bond donors (Lipinski definition) is 1. The fourth-order valence-electron chi connectivity index (χ4n) is 3.04. The van der Waals surface area contributed by atoms with E-state index in [1.165, 1.54) is 0 Å². The van der Waals surface area contributed by atoms with E-state index in [0.29, 0.717) is 18.1 Å². The quantitative estimate of drug-likeness (QED) is 0.832. The zero-order valence-corrected chi connectivity index (χ0v) is 16.1. The van der Waals surface area contributed by atoms with Gasteiger partial charge in [-0.05, 0) is 32.4 Å². The second-order valence-corrected chi connectivity index (χ2v) is 6.69. The van der Waals surface area contributed by atoms with Crippen molar-refractivity contribution in [2.75, 3.05) is 13.1 Å². The molecule has 0 aliphatic carbocycles. The van der Waals surface area contributed by atoms with Crippen molar-refractivity contribution in [1.29, 1.82) is 0 Å². The highest BCUT2D eigenvalue weighted by molar-refractivity contribution is 6.30. The molecule has 136 valence electrons. The molecule has 1 atom stereocenters. The van der Waals surface area contributed by atoms with Crippen LogP contribution in [0.4, 0.5) is 0 Å². The number of hydrogen-bond acceptors (Lipinski definition) is 3. The Morgan fingerprint density at radius 1 is 1.32 bits per heavy atom. The molecular formula is C18H24Cl2N4O. The summed E-state index contributed by atoms with van der Waals surface area (Å²) in [5.41, 5.74) is 2.87. The molecule has 1 amide bonds. The van der Waals surface area contributed by atoms with Gasteiger partial charge in [-0.3, -0.25) is 4.79 Å². The van der Waals surface area contributed by atoms with Crippen molar-refractivity contribution in [2.45, 2.75) is 39.3 Å². The van der Waals surface area contributed by atoms with Gasteiger partial charge in [-0.2, -0.15) is 5.10 Å². The van der Waals surface area contributed by atoms with Crippen molar-refractivity contribution in [3.8, 4) is 5.69 Å². The molecule has 0 spiro atoms. The minimum Gasteiger partial charge on any atom is -0.341 e. The third kappa shape index (κ3) is 4.54. The molecule has 25 heavy (non-hydrogen) atoms. The Morgan fingerprint density at radius 2 is 2.04 bits per heavy atom. The number of amides is 1. The Kier molecular flexibility index (Phi) is 6.87. The van der Waals surface area contributed by atoms with Crippen molar-refractivity contribution in [2.24, 2.45) is 0 Å². The molecule has 0 saturated carbocycles. The van der Waals surface area contributed by atoms with Crippen LogP contribution in [0, 0.1) is 6.92 Å². The fourth-order valence-corrected chi connectivity index (χ4v) is 3.38. The molecule has 2 aromatic rings. The standard InChI is InChI=1S/C18H23ClN4O.ClH/c1-13(12-22-10-6-9-17(22)24)20-11-16-14(2)21-23(18(16)19)15-7-4-3-5-8-15;/h3-5,7-8,13,20H,6,9-12H2,1-2H3;1H. The molecule has 3 rings (SSSR count). The van der Waals surface area contributed by atoms with E-state index in [2.05, 4.69) is 17.3 Å². The molecule has 1 aliphatic heterocycles. The van der Waals surface area contributed by atoms with E-state index < -0.39 is 0 Å². The number of nitrogens with one attached hydrogen (secondary N) is 1. The Hall–Kier alpha value is -1.56. The van der Waals surface area contributed by atoms with Gasteiger partial charge < -0.3 is 10.2 Å². The van der Waals surface area contributed by atoms with Crippen LogP contribution in [0.1, 0.15) is 31.0 Å². The second kappa shape index (κ2) is 8.70. The largest absolute Gasteiger partial charge is 0.341 e. The van der Waals surface area contributed by atoms with Crippen LogP contribution in [-0.4, -0.2) is 39.7 Å². The summed E-state index contributed by atoms with van der Waals surface area (Å²) >= 11 is 6.54. The zero-order chi connectivity index (χ0) is 17.1. The SMILES string of the molecule is Cc1nn(-c2ccccc2)c(Cl)c1CNC(C)CN1CCCC1=O.Cl. The first-order valence-corrected chi connectivity index (χ1v) is 8.74. The second-order valence-electron chi connectivity index (χ2n) is 6.33. The summed E-state index contributed by atoms with van der Waals surface area (Å²) in [6.45, 7) is 6.31. The average molecular weight is 383 g/mol. The van der Waals surface area contributed by atoms with Gasteiger partial charge in [0.05, 0.1) is 11.4 Å². The van der Waals surface area contributed by atoms with Crippen LogP contribution < -0.4 is 5.32 Å². The molecule has 2 heterocycles. The highest BCUT2D eigenvalue weighted by Crippen LogP contribution is 2.23. The van der Waals surface area contributed by atoms with Crippen LogP contribution in [0.15, 0.2) is 30.3 Å². The maximum atomic E-state index is 11.7. The van der Waals surface area contributed by atoms with Crippen LogP contribution >= 0.6 is 24.0 Å². The van der Waals surface area contributed by atoms with Gasteiger partial charge in [0.2, 0.25) is 5.91 Å². The molecule has 5 nitrogen and oxygen atoms in total. The number of carbonyl (C=O) groups is 1. The summed E-state index contributed by atoms with van der Waals surface area (Å²) in [5.74, 6) is 0.259. The molecule has 1 aliphatic rings. The van der Waals surface area contributed by atoms with Crippen molar-refractivity contribution in [1.82, 2.24) is 20.0 Å². The van der Waals surface area contributed by atoms with Gasteiger partial charge in [-0.1, -0.05) is 29.8 Å². The van der Waals surface area contributed by atoms with E-state index >= 15 is 0 Å². The van der Waals surface area contributed by atoms with E-state index in [0.717, 1.165) is 36.5 Å². The lowest BCUT2D eigenvalue weighted by Gasteiger charge is -2.21. The highest BCUT2D eigenvalue weighted by Gasteiger charge is 2.22. The number of carbonyl (C=O) groups excluding carboxylic acids is 1. The molecule has 1 aromatic heterocycles.